The largest absolute Gasteiger partial charge is 0.268 e. The van der Waals surface area contributed by atoms with Crippen LogP contribution in [0, 0.1) is 3.57 Å². The maximum Gasteiger partial charge on any atom is 0.265 e. The number of rotatable bonds is 1. The van der Waals surface area contributed by atoms with Crippen molar-refractivity contribution in [2.75, 3.05) is 0 Å². The van der Waals surface area contributed by atoms with Crippen molar-refractivity contribution in [2.45, 2.75) is 0 Å². The Morgan fingerprint density at radius 2 is 2.60 bits per heavy atom. The number of hydrogen-bond donors (Lipinski definition) is 1. The van der Waals surface area contributed by atoms with Crippen LogP contribution in [0.4, 0.5) is 0 Å². The molecule has 1 rings (SSSR count). The lowest BCUT2D eigenvalue weighted by Crippen LogP contribution is -2.05. The van der Waals surface area contributed by atoms with E-state index in [0.29, 0.717) is 0 Å². The molecule has 3 nitrogen and oxygen atoms in total. The lowest BCUT2D eigenvalue weighted by molar-refractivity contribution is 0.980. The summed E-state index contributed by atoms with van der Waals surface area (Å²) >= 11 is -0.330. The molecule has 0 saturated heterocycles. The predicted octanol–water partition coefficient (Wildman–Crippen LogP) is 0.497. The van der Waals surface area contributed by atoms with Gasteiger partial charge >= 0.3 is 0 Å². The Balaban J connectivity index is 3.19. The molecule has 0 spiro atoms. The maximum absolute atomic E-state index is 10.6. The van der Waals surface area contributed by atoms with E-state index in [-0.39, 0.29) is 26.3 Å². The highest BCUT2D eigenvalue weighted by Crippen LogP contribution is 2.02. The van der Waals surface area contributed by atoms with Crippen molar-refractivity contribution < 1.29 is 0 Å². The number of nitrogens with zero attached hydrogens (tertiary/aromatic N) is 1. The molecule has 0 saturated carbocycles. The highest BCUT2D eigenvalue weighted by molar-refractivity contribution is 14.2. The zero-order chi connectivity index (χ0) is 7.40. The van der Waals surface area contributed by atoms with E-state index in [1.807, 2.05) is 0 Å². The Hall–Kier alpha value is -0.740. The van der Waals surface area contributed by atoms with E-state index in [0.717, 1.165) is 3.57 Å². The molecule has 0 amide bonds. The predicted molar refractivity (Wildman–Crippen MR) is 48.2 cm³/mol. The van der Waals surface area contributed by atoms with Crippen LogP contribution in [0.1, 0.15) is 0 Å². The van der Waals surface area contributed by atoms with Crippen molar-refractivity contribution in [1.82, 2.24) is 10.2 Å². The van der Waals surface area contributed by atoms with Gasteiger partial charge in [-0.2, -0.15) is 5.10 Å². The zero-order valence-corrected chi connectivity index (χ0v) is 7.25. The first kappa shape index (κ1) is 7.37. The highest BCUT2D eigenvalue weighted by atomic mass is 127. The Kier molecular flexibility index (Phi) is 2.53. The molecule has 1 heterocycles. The second-order valence-corrected chi connectivity index (χ2v) is 4.04. The average molecular weight is 248 g/mol. The lowest BCUT2D eigenvalue weighted by atomic mass is 10.6. The Morgan fingerprint density at radius 3 is 3.20 bits per heavy atom. The van der Waals surface area contributed by atoms with Gasteiger partial charge in [-0.3, -0.25) is 4.79 Å². The summed E-state index contributed by atoms with van der Waals surface area (Å²) in [6, 6.07) is 1.53. The number of hydrogen-bond acceptors (Lipinski definition) is 2. The fourth-order valence-corrected chi connectivity index (χ4v) is 1.64. The van der Waals surface area contributed by atoms with E-state index in [1.165, 1.54) is 6.07 Å². The zero-order valence-electron chi connectivity index (χ0n) is 5.10. The molecule has 1 aromatic heterocycles. The molecule has 0 bridgehead atoms. The van der Waals surface area contributed by atoms with Crippen LogP contribution in [0.25, 0.3) is 0 Å². The van der Waals surface area contributed by atoms with Crippen LogP contribution in [-0.2, 0) is 0 Å². The first-order valence-corrected chi connectivity index (χ1v) is 4.69. The maximum atomic E-state index is 10.6. The second kappa shape index (κ2) is 3.43. The molecule has 0 unspecified atom stereocenters. The van der Waals surface area contributed by atoms with Crippen molar-refractivity contribution in [3.05, 3.63) is 32.8 Å². The van der Waals surface area contributed by atoms with Gasteiger partial charge in [0.25, 0.3) is 5.56 Å². The quantitative estimate of drug-likeness (QED) is 0.735. The van der Waals surface area contributed by atoms with Gasteiger partial charge in [0.2, 0.25) is 0 Å². The van der Waals surface area contributed by atoms with Crippen LogP contribution in [0.5, 0.6) is 0 Å². The molecule has 0 radical (unpaired) electrons. The van der Waals surface area contributed by atoms with E-state index in [9.17, 15) is 4.79 Å². The second-order valence-electron chi connectivity index (χ2n) is 1.49. The van der Waals surface area contributed by atoms with Crippen molar-refractivity contribution in [3.8, 4) is 0 Å². The van der Waals surface area contributed by atoms with E-state index < -0.39 is 0 Å². The smallest absolute Gasteiger partial charge is 0.265 e. The minimum atomic E-state index is -0.330. The first-order chi connectivity index (χ1) is 4.83. The van der Waals surface area contributed by atoms with Crippen molar-refractivity contribution in [3.63, 3.8) is 0 Å². The molecular formula is C6H5IN2O. The summed E-state index contributed by atoms with van der Waals surface area (Å²) in [6.45, 7) is 3.47. The molecular weight excluding hydrogens is 243 g/mol. The van der Waals surface area contributed by atoms with Crippen LogP contribution >= 0.6 is 20.7 Å². The molecule has 0 aliphatic heterocycles. The molecule has 0 aromatic carbocycles. The summed E-state index contributed by atoms with van der Waals surface area (Å²) in [5.74, 6) is 0. The van der Waals surface area contributed by atoms with Gasteiger partial charge in [-0.15, -0.1) is 0 Å². The molecule has 0 atom stereocenters. The fraction of sp³-hybridized carbons (Fsp3) is 0. The molecule has 0 aliphatic rings. The van der Waals surface area contributed by atoms with Crippen LogP contribution in [-0.4, -0.2) is 13.9 Å². The van der Waals surface area contributed by atoms with Gasteiger partial charge in [0.15, 0.2) is 0 Å². The van der Waals surface area contributed by atoms with Gasteiger partial charge in [-0.25, -0.2) is 5.10 Å². The van der Waals surface area contributed by atoms with Gasteiger partial charge in [-0.1, -0.05) is 10.2 Å². The summed E-state index contributed by atoms with van der Waals surface area (Å²) in [4.78, 5) is 10.6. The van der Waals surface area contributed by atoms with E-state index in [1.54, 1.807) is 6.20 Å². The third-order valence-electron chi connectivity index (χ3n) is 0.808. The molecule has 10 heavy (non-hydrogen) atoms. The SMILES string of the molecule is C=C=Ic1cn[nH]c(=O)c1. The number of aromatic nitrogens is 2. The fourth-order valence-electron chi connectivity index (χ4n) is 0.481. The van der Waals surface area contributed by atoms with Crippen molar-refractivity contribution in [2.24, 2.45) is 0 Å². The molecule has 1 aromatic rings. The Bertz CT molecular complexity index is 325. The minimum Gasteiger partial charge on any atom is -0.268 e. The standard InChI is InChI=1S/C6H5IN2O/c1-2-7-5-3-6(10)9-8-4-5/h3-4H,1H2,(H,9,10). The summed E-state index contributed by atoms with van der Waals surface area (Å²) in [5, 5.41) is 5.92. The first-order valence-electron chi connectivity index (χ1n) is 2.53. The lowest BCUT2D eigenvalue weighted by Gasteiger charge is -1.83. The minimum absolute atomic E-state index is 0.160. The van der Waals surface area contributed by atoms with Gasteiger partial charge in [0, 0.05) is 9.64 Å². The normalized spacial score (nSPS) is 8.80. The number of H-pyrrole nitrogens is 1. The third-order valence-corrected chi connectivity index (χ3v) is 2.40. The Morgan fingerprint density at radius 1 is 1.80 bits per heavy atom. The van der Waals surface area contributed by atoms with Crippen LogP contribution in [0.15, 0.2) is 23.6 Å². The third kappa shape index (κ3) is 1.89. The van der Waals surface area contributed by atoms with Gasteiger partial charge in [-0.05, 0) is 20.7 Å². The molecule has 4 heteroatoms. The van der Waals surface area contributed by atoms with Crippen molar-refractivity contribution in [1.29, 1.82) is 0 Å². The van der Waals surface area contributed by atoms with Crippen molar-refractivity contribution >= 4 is 24.4 Å². The van der Waals surface area contributed by atoms with Gasteiger partial charge < -0.3 is 0 Å². The van der Waals surface area contributed by atoms with Crippen LogP contribution in [0.3, 0.4) is 0 Å². The molecule has 52 valence electrons. The highest BCUT2D eigenvalue weighted by Gasteiger charge is 1.86. The summed E-state index contributed by atoms with van der Waals surface area (Å²) in [5.41, 5.74) is -0.160. The number of nitrogens with one attached hydrogen (secondary N) is 1. The topological polar surface area (TPSA) is 45.8 Å². The monoisotopic (exact) mass is 248 g/mol. The molecule has 0 fully saturated rings. The van der Waals surface area contributed by atoms with Gasteiger partial charge in [0.05, 0.1) is 6.20 Å². The van der Waals surface area contributed by atoms with E-state index in [2.05, 4.69) is 20.4 Å². The van der Waals surface area contributed by atoms with E-state index >= 15 is 0 Å². The summed E-state index contributed by atoms with van der Waals surface area (Å²) < 4.78 is 3.72. The average Bonchev–Trinajstić information content (AvgIpc) is 1.88. The summed E-state index contributed by atoms with van der Waals surface area (Å²) in [7, 11) is 0. The van der Waals surface area contributed by atoms with Gasteiger partial charge in [0.1, 0.15) is 0 Å². The van der Waals surface area contributed by atoms with Crippen LogP contribution < -0.4 is 5.56 Å². The number of aromatic amines is 1. The molecule has 0 aliphatic carbocycles. The Labute approximate surface area is 67.5 Å². The molecule has 1 N–H and O–H groups in total. The number of halogens is 1. The van der Waals surface area contributed by atoms with E-state index in [4.69, 9.17) is 0 Å². The summed E-state index contributed by atoms with van der Waals surface area (Å²) in [6.07, 6.45) is 1.63. The van der Waals surface area contributed by atoms with Crippen LogP contribution in [0.2, 0.25) is 0 Å².